The second kappa shape index (κ2) is 4.05. The Bertz CT molecular complexity index is 397. The Balaban J connectivity index is 2.17. The van der Waals surface area contributed by atoms with E-state index in [1.54, 1.807) is 16.7 Å². The molecule has 2 atom stereocenters. The number of rotatable bonds is 1. The third-order valence-electron chi connectivity index (χ3n) is 2.70. The van der Waals surface area contributed by atoms with Crippen molar-refractivity contribution in [2.24, 2.45) is 0 Å². The van der Waals surface area contributed by atoms with Crippen LogP contribution in [0.4, 0.5) is 0 Å². The van der Waals surface area contributed by atoms with Crippen molar-refractivity contribution in [3.63, 3.8) is 0 Å². The van der Waals surface area contributed by atoms with Gasteiger partial charge in [0.2, 0.25) is 5.91 Å². The monoisotopic (exact) mass is 255 g/mol. The van der Waals surface area contributed by atoms with Gasteiger partial charge in [-0.25, -0.2) is 4.79 Å². The van der Waals surface area contributed by atoms with Gasteiger partial charge >= 0.3 is 5.97 Å². The maximum absolute atomic E-state index is 12.1. The first-order valence-electron chi connectivity index (χ1n) is 5.66. The molecule has 94 valence electrons. The van der Waals surface area contributed by atoms with E-state index in [0.717, 1.165) is 5.57 Å². The first kappa shape index (κ1) is 12.5. The predicted octanol–water partition coefficient (Wildman–Crippen LogP) is 1.91. The Labute approximate surface area is 105 Å². The molecule has 2 heterocycles. The zero-order chi connectivity index (χ0) is 12.8. The summed E-state index contributed by atoms with van der Waals surface area (Å²) < 4.78 is 5.37. The molecule has 0 aromatic carbocycles. The molecule has 0 saturated carbocycles. The lowest BCUT2D eigenvalue weighted by Gasteiger charge is -2.46. The SMILES string of the molecule is CC1=CS[C@@H]2CC(=O)N2[C@H]1C(=O)OC(C)(C)C. The molecule has 0 aromatic heterocycles. The summed E-state index contributed by atoms with van der Waals surface area (Å²) in [4.78, 5) is 25.3. The van der Waals surface area contributed by atoms with Gasteiger partial charge in [-0.15, -0.1) is 11.8 Å². The number of carbonyl (C=O) groups excluding carboxylic acids is 2. The molecule has 1 amide bonds. The third kappa shape index (κ3) is 2.34. The summed E-state index contributed by atoms with van der Waals surface area (Å²) >= 11 is 1.60. The number of fused-ring (bicyclic) bond motifs is 1. The van der Waals surface area contributed by atoms with E-state index < -0.39 is 11.6 Å². The molecule has 0 aromatic rings. The van der Waals surface area contributed by atoms with Gasteiger partial charge < -0.3 is 9.64 Å². The fourth-order valence-corrected chi connectivity index (χ4v) is 3.06. The van der Waals surface area contributed by atoms with Gasteiger partial charge in [-0.2, -0.15) is 0 Å². The number of ether oxygens (including phenoxy) is 1. The topological polar surface area (TPSA) is 46.6 Å². The number of carbonyl (C=O) groups is 2. The van der Waals surface area contributed by atoms with Crippen molar-refractivity contribution in [3.05, 3.63) is 11.0 Å². The minimum atomic E-state index is -0.526. The quantitative estimate of drug-likeness (QED) is 0.530. The minimum Gasteiger partial charge on any atom is -0.458 e. The second-order valence-corrected chi connectivity index (χ2v) is 6.45. The van der Waals surface area contributed by atoms with Crippen LogP contribution in [0.5, 0.6) is 0 Å². The van der Waals surface area contributed by atoms with E-state index in [4.69, 9.17) is 4.74 Å². The summed E-state index contributed by atoms with van der Waals surface area (Å²) in [7, 11) is 0. The number of nitrogens with zero attached hydrogens (tertiary/aromatic N) is 1. The Morgan fingerprint density at radius 2 is 2.18 bits per heavy atom. The Morgan fingerprint density at radius 3 is 2.71 bits per heavy atom. The number of β-lactam (4-membered cyclic amide) rings is 1. The van der Waals surface area contributed by atoms with Crippen LogP contribution >= 0.6 is 11.8 Å². The van der Waals surface area contributed by atoms with Gasteiger partial charge in [0.1, 0.15) is 5.60 Å². The summed E-state index contributed by atoms with van der Waals surface area (Å²) in [5, 5.41) is 2.08. The van der Waals surface area contributed by atoms with Crippen molar-refractivity contribution in [3.8, 4) is 0 Å². The molecular formula is C12H17NO3S. The van der Waals surface area contributed by atoms with Crippen LogP contribution in [0.3, 0.4) is 0 Å². The molecular weight excluding hydrogens is 238 g/mol. The molecule has 0 bridgehead atoms. The number of esters is 1. The molecule has 5 heteroatoms. The maximum atomic E-state index is 12.1. The van der Waals surface area contributed by atoms with Crippen LogP contribution in [0.25, 0.3) is 0 Å². The van der Waals surface area contributed by atoms with Crippen LogP contribution in [0.15, 0.2) is 11.0 Å². The van der Waals surface area contributed by atoms with E-state index in [-0.39, 0.29) is 17.3 Å². The standard InChI is InChI=1S/C12H17NO3S/c1-7-6-17-9-5-8(14)13(9)10(7)11(15)16-12(2,3)4/h6,9-10H,5H2,1-4H3/t9-,10-/m1/s1. The molecule has 0 spiro atoms. The zero-order valence-corrected chi connectivity index (χ0v) is 11.3. The lowest BCUT2D eigenvalue weighted by atomic mass is 10.0. The maximum Gasteiger partial charge on any atom is 0.333 e. The van der Waals surface area contributed by atoms with E-state index in [0.29, 0.717) is 6.42 Å². The van der Waals surface area contributed by atoms with Crippen molar-refractivity contribution in [1.82, 2.24) is 4.90 Å². The Hall–Kier alpha value is -0.970. The number of hydrogen-bond acceptors (Lipinski definition) is 4. The van der Waals surface area contributed by atoms with Gasteiger partial charge in [-0.1, -0.05) is 0 Å². The van der Waals surface area contributed by atoms with Crippen molar-refractivity contribution < 1.29 is 14.3 Å². The largest absolute Gasteiger partial charge is 0.458 e. The number of hydrogen-bond donors (Lipinski definition) is 0. The van der Waals surface area contributed by atoms with Crippen molar-refractivity contribution in [2.45, 2.75) is 51.1 Å². The van der Waals surface area contributed by atoms with Gasteiger partial charge in [0.15, 0.2) is 6.04 Å². The summed E-state index contributed by atoms with van der Waals surface area (Å²) in [5.74, 6) is -0.296. The van der Waals surface area contributed by atoms with Crippen LogP contribution < -0.4 is 0 Å². The van der Waals surface area contributed by atoms with Crippen LogP contribution in [0, 0.1) is 0 Å². The van der Waals surface area contributed by atoms with Crippen LogP contribution in [0.1, 0.15) is 34.1 Å². The van der Waals surface area contributed by atoms with Crippen LogP contribution in [0.2, 0.25) is 0 Å². The second-order valence-electron chi connectivity index (χ2n) is 5.39. The average molecular weight is 255 g/mol. The molecule has 0 unspecified atom stereocenters. The molecule has 0 radical (unpaired) electrons. The summed E-state index contributed by atoms with van der Waals surface area (Å²) in [6.45, 7) is 7.36. The zero-order valence-electron chi connectivity index (χ0n) is 10.5. The molecule has 0 aliphatic carbocycles. The van der Waals surface area contributed by atoms with Crippen molar-refractivity contribution >= 4 is 23.6 Å². The van der Waals surface area contributed by atoms with Gasteiger partial charge in [0, 0.05) is 0 Å². The first-order valence-corrected chi connectivity index (χ1v) is 6.60. The van der Waals surface area contributed by atoms with Crippen molar-refractivity contribution in [1.29, 1.82) is 0 Å². The molecule has 1 saturated heterocycles. The lowest BCUT2D eigenvalue weighted by Crippen LogP contribution is -2.60. The first-order chi connectivity index (χ1) is 7.79. The molecule has 2 aliphatic rings. The van der Waals surface area contributed by atoms with E-state index >= 15 is 0 Å². The minimum absolute atomic E-state index is 0.0332. The van der Waals surface area contributed by atoms with Crippen LogP contribution in [-0.2, 0) is 14.3 Å². The summed E-state index contributed by atoms with van der Waals surface area (Å²) in [6.07, 6.45) is 0.522. The van der Waals surface area contributed by atoms with E-state index in [1.165, 1.54) is 0 Å². The number of amides is 1. The molecule has 4 nitrogen and oxygen atoms in total. The highest BCUT2D eigenvalue weighted by Gasteiger charge is 2.47. The normalized spacial score (nSPS) is 28.1. The Morgan fingerprint density at radius 1 is 1.53 bits per heavy atom. The van der Waals surface area contributed by atoms with Crippen molar-refractivity contribution in [2.75, 3.05) is 0 Å². The molecule has 1 fully saturated rings. The fourth-order valence-electron chi connectivity index (χ4n) is 1.95. The van der Waals surface area contributed by atoms with Crippen LogP contribution in [-0.4, -0.2) is 33.8 Å². The van der Waals surface area contributed by atoms with Gasteiger partial charge in [-0.05, 0) is 38.7 Å². The highest BCUT2D eigenvalue weighted by Crippen LogP contribution is 2.39. The van der Waals surface area contributed by atoms with E-state index in [1.807, 2.05) is 33.1 Å². The van der Waals surface area contributed by atoms with Gasteiger partial charge in [0.25, 0.3) is 0 Å². The fraction of sp³-hybridized carbons (Fsp3) is 0.667. The third-order valence-corrected chi connectivity index (χ3v) is 3.91. The molecule has 2 aliphatic heterocycles. The van der Waals surface area contributed by atoms with Gasteiger partial charge in [0.05, 0.1) is 11.8 Å². The summed E-state index contributed by atoms with van der Waals surface area (Å²) in [6, 6.07) is -0.526. The average Bonchev–Trinajstić information content (AvgIpc) is 2.16. The van der Waals surface area contributed by atoms with E-state index in [2.05, 4.69) is 0 Å². The Kier molecular flexibility index (Phi) is 2.97. The molecule has 17 heavy (non-hydrogen) atoms. The smallest absolute Gasteiger partial charge is 0.333 e. The van der Waals surface area contributed by atoms with Gasteiger partial charge in [-0.3, -0.25) is 4.79 Å². The highest BCUT2D eigenvalue weighted by molar-refractivity contribution is 8.02. The highest BCUT2D eigenvalue weighted by atomic mass is 32.2. The summed E-state index contributed by atoms with van der Waals surface area (Å²) in [5.41, 5.74) is 0.360. The van der Waals surface area contributed by atoms with E-state index in [9.17, 15) is 9.59 Å². The lowest BCUT2D eigenvalue weighted by molar-refractivity contribution is -0.167. The molecule has 0 N–H and O–H groups in total. The number of thioether (sulfide) groups is 1. The predicted molar refractivity (Wildman–Crippen MR) is 66.2 cm³/mol. The molecule has 2 rings (SSSR count).